The van der Waals surface area contributed by atoms with Gasteiger partial charge in [0.1, 0.15) is 0 Å². The molecule has 0 spiro atoms. The summed E-state index contributed by atoms with van der Waals surface area (Å²) in [4.78, 5) is 22.3. The van der Waals surface area contributed by atoms with Crippen LogP contribution in [0.5, 0.6) is 0 Å². The third-order valence-electron chi connectivity index (χ3n) is 5.01. The zero-order chi connectivity index (χ0) is 16.9. The molecule has 134 valence electrons. The predicted molar refractivity (Wildman–Crippen MR) is 94.1 cm³/mol. The van der Waals surface area contributed by atoms with E-state index in [0.717, 1.165) is 18.8 Å². The van der Waals surface area contributed by atoms with E-state index in [2.05, 4.69) is 18.6 Å². The van der Waals surface area contributed by atoms with Crippen molar-refractivity contribution in [3.8, 4) is 0 Å². The number of unbranched alkanes of at least 4 members (excludes halogenated alkanes) is 8. The van der Waals surface area contributed by atoms with Crippen LogP contribution in [0.4, 0.5) is 0 Å². The highest BCUT2D eigenvalue weighted by molar-refractivity contribution is 5.94. The standard InChI is InChI=1S/C20H36O3/c1-3-4-5-6-7-8-10-13-17(2)14-11-9-12-15-18-16-19(21)23-20(18)22/h17-18H,3-16H2,1-2H3. The first kappa shape index (κ1) is 20.2. The topological polar surface area (TPSA) is 43.4 Å². The number of carbonyl (C=O) groups excluding carboxylic acids is 2. The van der Waals surface area contributed by atoms with Gasteiger partial charge in [0.25, 0.3) is 0 Å². The molecule has 1 fully saturated rings. The summed E-state index contributed by atoms with van der Waals surface area (Å²) in [5.41, 5.74) is 0. The lowest BCUT2D eigenvalue weighted by molar-refractivity contribution is -0.153. The Kier molecular flexibility index (Phi) is 11.0. The molecule has 1 saturated heterocycles. The molecule has 0 N–H and O–H groups in total. The predicted octanol–water partition coefficient (Wildman–Crippen LogP) is 5.80. The Morgan fingerprint density at radius 1 is 0.913 bits per heavy atom. The molecule has 1 aliphatic rings. The Balaban J connectivity index is 1.87. The largest absolute Gasteiger partial charge is 0.393 e. The van der Waals surface area contributed by atoms with Gasteiger partial charge in [-0.3, -0.25) is 9.59 Å². The van der Waals surface area contributed by atoms with Crippen LogP contribution in [-0.2, 0) is 14.3 Å². The van der Waals surface area contributed by atoms with Crippen LogP contribution in [0.2, 0.25) is 0 Å². The number of ether oxygens (including phenoxy) is 1. The fourth-order valence-electron chi connectivity index (χ4n) is 3.40. The van der Waals surface area contributed by atoms with E-state index in [4.69, 9.17) is 0 Å². The monoisotopic (exact) mass is 324 g/mol. The van der Waals surface area contributed by atoms with E-state index in [0.29, 0.717) is 6.42 Å². The van der Waals surface area contributed by atoms with Gasteiger partial charge in [-0.05, 0) is 12.3 Å². The maximum atomic E-state index is 11.3. The van der Waals surface area contributed by atoms with E-state index < -0.39 is 0 Å². The van der Waals surface area contributed by atoms with Crippen molar-refractivity contribution in [1.82, 2.24) is 0 Å². The maximum Gasteiger partial charge on any atom is 0.317 e. The molecule has 0 aliphatic carbocycles. The van der Waals surface area contributed by atoms with Gasteiger partial charge in [-0.2, -0.15) is 0 Å². The van der Waals surface area contributed by atoms with Crippen LogP contribution >= 0.6 is 0 Å². The number of esters is 2. The van der Waals surface area contributed by atoms with Gasteiger partial charge in [-0.25, -0.2) is 0 Å². The molecule has 0 aromatic heterocycles. The zero-order valence-electron chi connectivity index (χ0n) is 15.3. The summed E-state index contributed by atoms with van der Waals surface area (Å²) in [6.07, 6.45) is 16.9. The SMILES string of the molecule is CCCCCCCCCC(C)CCCCCC1CC(=O)OC1=O. The third kappa shape index (κ3) is 9.78. The van der Waals surface area contributed by atoms with Crippen LogP contribution in [0.15, 0.2) is 0 Å². The van der Waals surface area contributed by atoms with Crippen molar-refractivity contribution in [2.24, 2.45) is 11.8 Å². The average molecular weight is 325 g/mol. The minimum atomic E-state index is -0.344. The van der Waals surface area contributed by atoms with Crippen molar-refractivity contribution >= 4 is 11.9 Å². The van der Waals surface area contributed by atoms with Crippen molar-refractivity contribution in [2.75, 3.05) is 0 Å². The summed E-state index contributed by atoms with van der Waals surface area (Å²) in [6, 6.07) is 0. The molecule has 2 unspecified atom stereocenters. The van der Waals surface area contributed by atoms with E-state index >= 15 is 0 Å². The number of hydrogen-bond acceptors (Lipinski definition) is 3. The third-order valence-corrected chi connectivity index (χ3v) is 5.01. The van der Waals surface area contributed by atoms with Gasteiger partial charge in [0.05, 0.1) is 12.3 Å². The minimum absolute atomic E-state index is 0.160. The molecule has 3 nitrogen and oxygen atoms in total. The summed E-state index contributed by atoms with van der Waals surface area (Å²) in [7, 11) is 0. The zero-order valence-corrected chi connectivity index (χ0v) is 15.3. The summed E-state index contributed by atoms with van der Waals surface area (Å²) < 4.78 is 4.58. The molecule has 0 bridgehead atoms. The van der Waals surface area contributed by atoms with E-state index in [1.165, 1.54) is 70.6 Å². The van der Waals surface area contributed by atoms with Crippen LogP contribution in [-0.4, -0.2) is 11.9 Å². The van der Waals surface area contributed by atoms with Crippen molar-refractivity contribution in [3.63, 3.8) is 0 Å². The molecule has 0 aromatic rings. The first-order valence-corrected chi connectivity index (χ1v) is 9.88. The molecule has 0 saturated carbocycles. The van der Waals surface area contributed by atoms with Crippen molar-refractivity contribution in [1.29, 1.82) is 0 Å². The second kappa shape index (κ2) is 12.5. The molecule has 23 heavy (non-hydrogen) atoms. The van der Waals surface area contributed by atoms with Crippen LogP contribution in [0.25, 0.3) is 0 Å². The lowest BCUT2D eigenvalue weighted by atomic mass is 9.94. The minimum Gasteiger partial charge on any atom is -0.393 e. The number of carbonyl (C=O) groups is 2. The van der Waals surface area contributed by atoms with Crippen LogP contribution in [0, 0.1) is 11.8 Å². The molecule has 1 rings (SSSR count). The Hall–Kier alpha value is -0.860. The number of hydrogen-bond donors (Lipinski definition) is 0. The number of rotatable bonds is 14. The lowest BCUT2D eigenvalue weighted by Gasteiger charge is -2.11. The highest BCUT2D eigenvalue weighted by Crippen LogP contribution is 2.23. The van der Waals surface area contributed by atoms with Crippen molar-refractivity contribution in [2.45, 2.75) is 104 Å². The van der Waals surface area contributed by atoms with Gasteiger partial charge in [0.15, 0.2) is 0 Å². The van der Waals surface area contributed by atoms with E-state index in [1.54, 1.807) is 0 Å². The maximum absolute atomic E-state index is 11.3. The van der Waals surface area contributed by atoms with Gasteiger partial charge < -0.3 is 4.74 Å². The van der Waals surface area contributed by atoms with Gasteiger partial charge in [-0.1, -0.05) is 90.9 Å². The molecule has 0 aromatic carbocycles. The molecule has 3 heteroatoms. The van der Waals surface area contributed by atoms with Gasteiger partial charge in [-0.15, -0.1) is 0 Å². The average Bonchev–Trinajstić information content (AvgIpc) is 2.84. The Bertz CT molecular complexity index is 338. The Morgan fingerprint density at radius 3 is 2.04 bits per heavy atom. The molecule has 1 heterocycles. The van der Waals surface area contributed by atoms with E-state index in [-0.39, 0.29) is 17.9 Å². The van der Waals surface area contributed by atoms with Crippen LogP contribution in [0.1, 0.15) is 104 Å². The quantitative estimate of drug-likeness (QED) is 0.230. The molecule has 1 aliphatic heterocycles. The Labute approximate surface area is 142 Å². The van der Waals surface area contributed by atoms with Gasteiger partial charge in [0, 0.05) is 0 Å². The van der Waals surface area contributed by atoms with Crippen molar-refractivity contribution < 1.29 is 14.3 Å². The molecular formula is C20H36O3. The summed E-state index contributed by atoms with van der Waals surface area (Å²) in [5.74, 6) is 0.0157. The number of cyclic esters (lactones) is 2. The fourth-order valence-corrected chi connectivity index (χ4v) is 3.40. The van der Waals surface area contributed by atoms with E-state index in [1.807, 2.05) is 0 Å². The van der Waals surface area contributed by atoms with Crippen LogP contribution < -0.4 is 0 Å². The van der Waals surface area contributed by atoms with Gasteiger partial charge in [0.2, 0.25) is 0 Å². The normalized spacial score (nSPS) is 19.1. The molecule has 0 amide bonds. The molecule has 0 radical (unpaired) electrons. The molecule has 2 atom stereocenters. The highest BCUT2D eigenvalue weighted by atomic mass is 16.6. The second-order valence-corrected chi connectivity index (χ2v) is 7.35. The first-order chi connectivity index (χ1) is 11.1. The lowest BCUT2D eigenvalue weighted by Crippen LogP contribution is -2.07. The van der Waals surface area contributed by atoms with Crippen molar-refractivity contribution in [3.05, 3.63) is 0 Å². The summed E-state index contributed by atoms with van der Waals surface area (Å²) in [5, 5.41) is 0. The highest BCUT2D eigenvalue weighted by Gasteiger charge is 2.32. The second-order valence-electron chi connectivity index (χ2n) is 7.35. The van der Waals surface area contributed by atoms with Gasteiger partial charge >= 0.3 is 11.9 Å². The fraction of sp³-hybridized carbons (Fsp3) is 0.900. The smallest absolute Gasteiger partial charge is 0.317 e. The first-order valence-electron chi connectivity index (χ1n) is 9.88. The summed E-state index contributed by atoms with van der Waals surface area (Å²) >= 11 is 0. The van der Waals surface area contributed by atoms with E-state index in [9.17, 15) is 9.59 Å². The van der Waals surface area contributed by atoms with Crippen LogP contribution in [0.3, 0.4) is 0 Å². The Morgan fingerprint density at radius 2 is 1.48 bits per heavy atom. The summed E-state index contributed by atoms with van der Waals surface area (Å²) in [6.45, 7) is 4.63. The molecular weight excluding hydrogens is 288 g/mol.